The van der Waals surface area contributed by atoms with E-state index >= 15 is 0 Å². The summed E-state index contributed by atoms with van der Waals surface area (Å²) in [5.41, 5.74) is 0. The first-order valence-electron chi connectivity index (χ1n) is 4.83. The van der Waals surface area contributed by atoms with Gasteiger partial charge in [-0.2, -0.15) is 0 Å². The maximum absolute atomic E-state index is 13.5. The van der Waals surface area contributed by atoms with Crippen molar-refractivity contribution >= 4 is 26.0 Å². The first-order valence-corrected chi connectivity index (χ1v) is 7.10. The van der Waals surface area contributed by atoms with Crippen LogP contribution in [0.4, 0.5) is 4.39 Å². The molecule has 4 nitrogen and oxygen atoms in total. The van der Waals surface area contributed by atoms with Crippen LogP contribution in [-0.4, -0.2) is 28.2 Å². The van der Waals surface area contributed by atoms with Gasteiger partial charge < -0.3 is 4.74 Å². The van der Waals surface area contributed by atoms with E-state index in [2.05, 4.69) is 20.7 Å². The van der Waals surface area contributed by atoms with Gasteiger partial charge in [0, 0.05) is 17.6 Å². The fraction of sp³-hybridized carbons (Fsp3) is 0.400. The summed E-state index contributed by atoms with van der Waals surface area (Å²) in [4.78, 5) is -0.372. The van der Waals surface area contributed by atoms with Crippen LogP contribution in [0.3, 0.4) is 0 Å². The van der Waals surface area contributed by atoms with Crippen molar-refractivity contribution in [3.05, 3.63) is 28.5 Å². The van der Waals surface area contributed by atoms with Crippen LogP contribution in [0.15, 0.2) is 27.6 Å². The molecule has 0 fully saturated rings. The summed E-state index contributed by atoms with van der Waals surface area (Å²) in [6.07, 6.45) is 0. The Labute approximate surface area is 108 Å². The molecule has 0 aliphatic heterocycles. The first kappa shape index (κ1) is 14.6. The minimum Gasteiger partial charge on any atom is -0.383 e. The normalized spacial score (nSPS) is 13.6. The van der Waals surface area contributed by atoms with Crippen LogP contribution in [0.25, 0.3) is 0 Å². The average molecular weight is 326 g/mol. The van der Waals surface area contributed by atoms with Crippen LogP contribution in [-0.2, 0) is 14.8 Å². The van der Waals surface area contributed by atoms with Crippen molar-refractivity contribution in [2.75, 3.05) is 13.7 Å². The topological polar surface area (TPSA) is 55.4 Å². The highest BCUT2D eigenvalue weighted by Crippen LogP contribution is 2.19. The summed E-state index contributed by atoms with van der Waals surface area (Å²) in [5, 5.41) is 0. The van der Waals surface area contributed by atoms with E-state index < -0.39 is 21.9 Å². The number of methoxy groups -OCH3 is 1. The highest BCUT2D eigenvalue weighted by atomic mass is 79.9. The highest BCUT2D eigenvalue weighted by Gasteiger charge is 2.21. The largest absolute Gasteiger partial charge is 0.383 e. The predicted octanol–water partition coefficient (Wildman–Crippen LogP) is 1.90. The van der Waals surface area contributed by atoms with E-state index in [9.17, 15) is 12.8 Å². The lowest BCUT2D eigenvalue weighted by Crippen LogP contribution is -2.36. The Morgan fingerprint density at radius 2 is 2.18 bits per heavy atom. The second-order valence-corrected chi connectivity index (χ2v) is 6.15. The molecular weight excluding hydrogens is 313 g/mol. The first-order chi connectivity index (χ1) is 7.86. The molecule has 0 radical (unpaired) electrons. The van der Waals surface area contributed by atoms with Gasteiger partial charge in [-0.1, -0.05) is 15.9 Å². The fourth-order valence-corrected chi connectivity index (χ4v) is 2.93. The molecule has 0 aliphatic rings. The van der Waals surface area contributed by atoms with Gasteiger partial charge in [0.15, 0.2) is 0 Å². The van der Waals surface area contributed by atoms with E-state index in [1.54, 1.807) is 6.92 Å². The van der Waals surface area contributed by atoms with Crippen LogP contribution < -0.4 is 4.72 Å². The Hall–Kier alpha value is -0.500. The smallest absolute Gasteiger partial charge is 0.243 e. The maximum atomic E-state index is 13.5. The molecule has 0 aromatic heterocycles. The molecule has 17 heavy (non-hydrogen) atoms. The van der Waals surface area contributed by atoms with Gasteiger partial charge in [0.25, 0.3) is 0 Å². The molecule has 0 aliphatic carbocycles. The van der Waals surface area contributed by atoms with Gasteiger partial charge in [-0.3, -0.25) is 0 Å². The molecule has 1 rings (SSSR count). The fourth-order valence-electron chi connectivity index (χ4n) is 1.31. The van der Waals surface area contributed by atoms with Crippen LogP contribution in [0.5, 0.6) is 0 Å². The summed E-state index contributed by atoms with van der Waals surface area (Å²) >= 11 is 3.06. The van der Waals surface area contributed by atoms with Gasteiger partial charge in [0.2, 0.25) is 10.0 Å². The van der Waals surface area contributed by atoms with Crippen molar-refractivity contribution in [1.29, 1.82) is 0 Å². The molecule has 0 saturated heterocycles. The number of sulfonamides is 1. The lowest BCUT2D eigenvalue weighted by atomic mass is 10.3. The van der Waals surface area contributed by atoms with Crippen LogP contribution in [0, 0.1) is 5.82 Å². The molecule has 7 heteroatoms. The number of benzene rings is 1. The third-order valence-electron chi connectivity index (χ3n) is 1.96. The van der Waals surface area contributed by atoms with E-state index in [1.807, 2.05) is 0 Å². The van der Waals surface area contributed by atoms with Crippen LogP contribution in [0.2, 0.25) is 0 Å². The highest BCUT2D eigenvalue weighted by molar-refractivity contribution is 9.10. The molecule has 0 bridgehead atoms. The molecule has 1 aromatic rings. The molecule has 96 valence electrons. The summed E-state index contributed by atoms with van der Waals surface area (Å²) in [6.45, 7) is 1.86. The SMILES string of the molecule is COCC(C)NS(=O)(=O)c1ccc(Br)cc1F. The molecule has 0 saturated carbocycles. The summed E-state index contributed by atoms with van der Waals surface area (Å²) in [7, 11) is -2.39. The molecule has 0 amide bonds. The molecule has 0 heterocycles. The second kappa shape index (κ2) is 5.90. The van der Waals surface area contributed by atoms with E-state index in [1.165, 1.54) is 19.2 Å². The number of hydrogen-bond donors (Lipinski definition) is 1. The van der Waals surface area contributed by atoms with E-state index in [0.717, 1.165) is 6.07 Å². The Balaban J connectivity index is 2.97. The average Bonchev–Trinajstić information content (AvgIpc) is 2.15. The van der Waals surface area contributed by atoms with Gasteiger partial charge in [-0.15, -0.1) is 0 Å². The molecule has 1 N–H and O–H groups in total. The molecule has 1 unspecified atom stereocenters. The predicted molar refractivity (Wildman–Crippen MR) is 65.8 cm³/mol. The van der Waals surface area contributed by atoms with E-state index in [-0.39, 0.29) is 11.5 Å². The Morgan fingerprint density at radius 3 is 2.71 bits per heavy atom. The zero-order valence-corrected chi connectivity index (χ0v) is 11.8. The van der Waals surface area contributed by atoms with Crippen molar-refractivity contribution < 1.29 is 17.5 Å². The van der Waals surface area contributed by atoms with Crippen molar-refractivity contribution in [3.63, 3.8) is 0 Å². The standard InChI is InChI=1S/C10H13BrFNO3S/c1-7(6-16-2)13-17(14,15)10-4-3-8(11)5-9(10)12/h3-5,7,13H,6H2,1-2H3. The number of rotatable bonds is 5. The molecule has 1 atom stereocenters. The number of hydrogen-bond acceptors (Lipinski definition) is 3. The van der Waals surface area contributed by atoms with Crippen molar-refractivity contribution in [3.8, 4) is 0 Å². The quantitative estimate of drug-likeness (QED) is 0.899. The van der Waals surface area contributed by atoms with Gasteiger partial charge >= 0.3 is 0 Å². The van der Waals surface area contributed by atoms with E-state index in [4.69, 9.17) is 4.74 Å². The van der Waals surface area contributed by atoms with Crippen molar-refractivity contribution in [2.24, 2.45) is 0 Å². The molecular formula is C10H13BrFNO3S. The van der Waals surface area contributed by atoms with Crippen molar-refractivity contribution in [1.82, 2.24) is 4.72 Å². The van der Waals surface area contributed by atoms with Gasteiger partial charge in [-0.05, 0) is 25.1 Å². The summed E-state index contributed by atoms with van der Waals surface area (Å²) < 4.78 is 44.8. The Morgan fingerprint density at radius 1 is 1.53 bits per heavy atom. The lowest BCUT2D eigenvalue weighted by molar-refractivity contribution is 0.180. The Kier molecular flexibility index (Phi) is 5.05. The summed E-state index contributed by atoms with van der Waals surface area (Å²) in [5.74, 6) is -0.795. The third kappa shape index (κ3) is 4.02. The number of nitrogens with one attached hydrogen (secondary N) is 1. The van der Waals surface area contributed by atoms with Gasteiger partial charge in [0.1, 0.15) is 10.7 Å². The zero-order valence-electron chi connectivity index (χ0n) is 9.41. The third-order valence-corrected chi connectivity index (χ3v) is 4.07. The summed E-state index contributed by atoms with van der Waals surface area (Å²) in [6, 6.07) is 3.36. The van der Waals surface area contributed by atoms with Gasteiger partial charge in [-0.25, -0.2) is 17.5 Å². The zero-order chi connectivity index (χ0) is 13.1. The minimum atomic E-state index is -3.85. The maximum Gasteiger partial charge on any atom is 0.243 e. The Bertz CT molecular complexity index is 492. The van der Waals surface area contributed by atoms with E-state index in [0.29, 0.717) is 4.47 Å². The molecule has 1 aromatic carbocycles. The monoisotopic (exact) mass is 325 g/mol. The van der Waals surface area contributed by atoms with Gasteiger partial charge in [0.05, 0.1) is 6.61 Å². The number of ether oxygens (including phenoxy) is 1. The van der Waals surface area contributed by atoms with Crippen LogP contribution >= 0.6 is 15.9 Å². The molecule has 0 spiro atoms. The van der Waals surface area contributed by atoms with Crippen LogP contribution in [0.1, 0.15) is 6.92 Å². The lowest BCUT2D eigenvalue weighted by Gasteiger charge is -2.13. The number of halogens is 2. The minimum absolute atomic E-state index is 0.220. The van der Waals surface area contributed by atoms with Crippen molar-refractivity contribution in [2.45, 2.75) is 17.9 Å². The second-order valence-electron chi connectivity index (χ2n) is 3.55.